The Kier molecular flexibility index (Phi) is 9.60. The van der Waals surface area contributed by atoms with Crippen molar-refractivity contribution in [2.75, 3.05) is 10.7 Å². The number of carbonyl (C=O) groups excluding carboxylic acids is 2. The molecule has 0 saturated heterocycles. The number of nitrogens with zero attached hydrogens (tertiary/aromatic N) is 1. The number of hydrogen-bond acceptors (Lipinski definition) is 8. The molecule has 0 saturated carbocycles. The van der Waals surface area contributed by atoms with Gasteiger partial charge in [-0.2, -0.15) is 15.6 Å². The molecule has 0 radical (unpaired) electrons. The highest BCUT2D eigenvalue weighted by atomic mass is 16.8. The zero-order valence-corrected chi connectivity index (χ0v) is 20.6. The lowest BCUT2D eigenvalue weighted by Gasteiger charge is -2.19. The van der Waals surface area contributed by atoms with Gasteiger partial charge in [0.1, 0.15) is 11.5 Å². The van der Waals surface area contributed by atoms with Crippen LogP contribution in [0.2, 0.25) is 0 Å². The van der Waals surface area contributed by atoms with E-state index in [0.717, 1.165) is 17.2 Å². The molecule has 0 spiro atoms. The molecule has 0 bridgehead atoms. The van der Waals surface area contributed by atoms with E-state index in [2.05, 4.69) is 15.8 Å². The second kappa shape index (κ2) is 12.0. The predicted molar refractivity (Wildman–Crippen MR) is 132 cm³/mol. The van der Waals surface area contributed by atoms with Crippen LogP contribution in [0.15, 0.2) is 41.5 Å². The van der Waals surface area contributed by atoms with Crippen LogP contribution in [0, 0.1) is 29.7 Å². The molecule has 35 heavy (non-hydrogen) atoms. The summed E-state index contributed by atoms with van der Waals surface area (Å²) in [5, 5.41) is 45.8. The van der Waals surface area contributed by atoms with Crippen LogP contribution < -0.4 is 21.2 Å². The van der Waals surface area contributed by atoms with Crippen molar-refractivity contribution in [1.29, 1.82) is 0 Å². The third kappa shape index (κ3) is 8.51. The molecule has 2 unspecified atom stereocenters. The lowest BCUT2D eigenvalue weighted by atomic mass is 9.87. The Labute approximate surface area is 204 Å². The van der Waals surface area contributed by atoms with Gasteiger partial charge in [0, 0.05) is 35.7 Å². The van der Waals surface area contributed by atoms with Gasteiger partial charge in [-0.1, -0.05) is 26.8 Å². The molecule has 11 heteroatoms. The van der Waals surface area contributed by atoms with E-state index in [1.807, 2.05) is 32.0 Å². The van der Waals surface area contributed by atoms with Crippen molar-refractivity contribution in [3.05, 3.63) is 57.9 Å². The number of nitrogens with one attached hydrogen (secondary N) is 4. The van der Waals surface area contributed by atoms with Crippen LogP contribution in [-0.4, -0.2) is 27.8 Å². The van der Waals surface area contributed by atoms with Gasteiger partial charge in [-0.15, -0.1) is 0 Å². The molecule has 1 amide bonds. The van der Waals surface area contributed by atoms with Gasteiger partial charge < -0.3 is 15.7 Å². The number of hydrazone groups is 1. The van der Waals surface area contributed by atoms with E-state index in [0.29, 0.717) is 11.4 Å². The summed E-state index contributed by atoms with van der Waals surface area (Å²) in [6, 6.07) is 9.18. The fourth-order valence-corrected chi connectivity index (χ4v) is 3.03. The first-order valence-corrected chi connectivity index (χ1v) is 11.1. The standard InChI is InChI=1S/C24H33N5O6/c1-15-6-7-17(12-16(15)2)25-23(31)11-8-18(13-22(30)24(3,4)5)26-27-20-10-9-19(28(32)33)14-21(20)29(34)35/h6-7,9-10,12,14,27-29,32,34H,8,11,13H2,1-5H3,(H,25,31)/b26-18-. The Morgan fingerprint density at radius 1 is 0.971 bits per heavy atom. The zero-order valence-electron chi connectivity index (χ0n) is 20.6. The molecule has 0 fully saturated rings. The molecule has 2 rings (SSSR count). The van der Waals surface area contributed by atoms with E-state index in [1.54, 1.807) is 20.8 Å². The largest absolute Gasteiger partial charge is 0.595 e. The summed E-state index contributed by atoms with van der Waals surface area (Å²) < 4.78 is 0. The van der Waals surface area contributed by atoms with Crippen LogP contribution in [0.25, 0.3) is 0 Å². The van der Waals surface area contributed by atoms with E-state index < -0.39 is 15.9 Å². The molecule has 0 aliphatic heterocycles. The van der Waals surface area contributed by atoms with Gasteiger partial charge in [0.05, 0.1) is 6.07 Å². The molecular weight excluding hydrogens is 454 g/mol. The third-order valence-electron chi connectivity index (χ3n) is 5.46. The molecule has 0 aliphatic rings. The molecule has 11 nitrogen and oxygen atoms in total. The van der Waals surface area contributed by atoms with Crippen molar-refractivity contribution < 1.29 is 30.5 Å². The number of aryl methyl sites for hydroxylation is 2. The minimum Gasteiger partial charge on any atom is -0.595 e. The first-order chi connectivity index (χ1) is 16.3. The van der Waals surface area contributed by atoms with Gasteiger partial charge in [-0.3, -0.25) is 15.0 Å². The number of anilines is 2. The van der Waals surface area contributed by atoms with E-state index in [1.165, 1.54) is 12.1 Å². The number of Topliss-reactive ketones (excluding diaryl/α,β-unsaturated/α-hetero) is 1. The van der Waals surface area contributed by atoms with Crippen LogP contribution in [0.1, 0.15) is 51.2 Å². The van der Waals surface area contributed by atoms with Crippen LogP contribution in [-0.2, 0) is 9.59 Å². The summed E-state index contributed by atoms with van der Waals surface area (Å²) in [5.41, 5.74) is 4.83. The number of benzene rings is 2. The first-order valence-electron chi connectivity index (χ1n) is 11.1. The minimum absolute atomic E-state index is 0.0248. The van der Waals surface area contributed by atoms with Gasteiger partial charge in [-0.25, -0.2) is 10.4 Å². The maximum atomic E-state index is 12.6. The molecule has 2 aromatic carbocycles. The Morgan fingerprint density at radius 3 is 2.23 bits per heavy atom. The number of hydrogen-bond donors (Lipinski definition) is 6. The number of amides is 1. The number of rotatable bonds is 10. The van der Waals surface area contributed by atoms with E-state index in [9.17, 15) is 25.2 Å². The zero-order chi connectivity index (χ0) is 26.3. The molecular formula is C24H33N5O6. The van der Waals surface area contributed by atoms with Crippen molar-refractivity contribution in [2.45, 2.75) is 53.9 Å². The Hall–Kier alpha value is -3.19. The lowest BCUT2D eigenvalue weighted by molar-refractivity contribution is -0.996. The topological polar surface area (TPSA) is 166 Å². The van der Waals surface area contributed by atoms with Crippen LogP contribution >= 0.6 is 0 Å². The number of ketones is 1. The highest BCUT2D eigenvalue weighted by molar-refractivity contribution is 6.05. The average Bonchev–Trinajstić information content (AvgIpc) is 2.77. The van der Waals surface area contributed by atoms with Gasteiger partial charge in [-0.05, 0) is 49.6 Å². The van der Waals surface area contributed by atoms with Crippen LogP contribution in [0.5, 0.6) is 0 Å². The van der Waals surface area contributed by atoms with Gasteiger partial charge in [0.25, 0.3) is 0 Å². The quantitative estimate of drug-likeness (QED) is 0.221. The third-order valence-corrected chi connectivity index (χ3v) is 5.46. The highest BCUT2D eigenvalue weighted by Crippen LogP contribution is 2.22. The van der Waals surface area contributed by atoms with Gasteiger partial charge >= 0.3 is 0 Å². The summed E-state index contributed by atoms with van der Waals surface area (Å²) in [6.45, 7) is 9.27. The molecule has 2 atom stereocenters. The van der Waals surface area contributed by atoms with E-state index in [-0.39, 0.29) is 48.0 Å². The first kappa shape index (κ1) is 28.1. The summed E-state index contributed by atoms with van der Waals surface area (Å²) in [5.74, 6) is -0.339. The van der Waals surface area contributed by atoms with Crippen molar-refractivity contribution in [3.63, 3.8) is 0 Å². The SMILES string of the molecule is Cc1ccc(NC(=O)CC/C(CC(=O)C(C)(C)C)=N/Nc2ccc([NH+]([O-])O)cc2[NH+]([O-])O)cc1C. The minimum atomic E-state index is -1.33. The molecule has 0 aliphatic carbocycles. The monoisotopic (exact) mass is 487 g/mol. The Morgan fingerprint density at radius 2 is 1.66 bits per heavy atom. The molecule has 2 aromatic rings. The van der Waals surface area contributed by atoms with Crippen molar-refractivity contribution in [3.8, 4) is 0 Å². The Bertz CT molecular complexity index is 1090. The second-order valence-electron chi connectivity index (χ2n) is 9.36. The smallest absolute Gasteiger partial charge is 0.224 e. The summed E-state index contributed by atoms with van der Waals surface area (Å²) >= 11 is 0. The maximum Gasteiger partial charge on any atom is 0.224 e. The van der Waals surface area contributed by atoms with Crippen molar-refractivity contribution >= 4 is 40.2 Å². The molecule has 6 N–H and O–H groups in total. The normalized spacial score (nSPS) is 13.8. The average molecular weight is 488 g/mol. The molecule has 0 heterocycles. The summed E-state index contributed by atoms with van der Waals surface area (Å²) in [6.07, 6.45) is 0.207. The highest BCUT2D eigenvalue weighted by Gasteiger charge is 2.23. The van der Waals surface area contributed by atoms with Crippen LogP contribution in [0.4, 0.5) is 22.7 Å². The maximum absolute atomic E-state index is 12.6. The van der Waals surface area contributed by atoms with Crippen LogP contribution in [0.3, 0.4) is 0 Å². The fourth-order valence-electron chi connectivity index (χ4n) is 3.03. The molecule has 0 aromatic heterocycles. The van der Waals surface area contributed by atoms with E-state index >= 15 is 0 Å². The summed E-state index contributed by atoms with van der Waals surface area (Å²) in [4.78, 5) is 25.1. The molecule has 190 valence electrons. The summed E-state index contributed by atoms with van der Waals surface area (Å²) in [7, 11) is 0. The van der Waals surface area contributed by atoms with Crippen molar-refractivity contribution in [1.82, 2.24) is 0 Å². The van der Waals surface area contributed by atoms with Crippen molar-refractivity contribution in [2.24, 2.45) is 10.5 Å². The number of carbonyl (C=O) groups is 2. The number of quaternary nitrogens is 2. The predicted octanol–water partition coefficient (Wildman–Crippen LogP) is 2.30. The van der Waals surface area contributed by atoms with Gasteiger partial charge in [0.15, 0.2) is 11.4 Å². The van der Waals surface area contributed by atoms with Gasteiger partial charge in [0.2, 0.25) is 5.91 Å². The fraction of sp³-hybridized carbons (Fsp3) is 0.375. The second-order valence-corrected chi connectivity index (χ2v) is 9.36. The lowest BCUT2D eigenvalue weighted by Crippen LogP contribution is -3.00. The Balaban J connectivity index is 2.20. The van der Waals surface area contributed by atoms with E-state index in [4.69, 9.17) is 5.21 Å².